The van der Waals surface area contributed by atoms with Crippen molar-refractivity contribution in [2.75, 3.05) is 12.0 Å². The first-order chi connectivity index (χ1) is 5.75. The molecule has 0 aliphatic heterocycles. The van der Waals surface area contributed by atoms with E-state index in [0.717, 1.165) is 11.3 Å². The Bertz CT molecular complexity index is 287. The summed E-state index contributed by atoms with van der Waals surface area (Å²) in [5, 5.41) is 0. The smallest absolute Gasteiger partial charge is 0.177 e. The summed E-state index contributed by atoms with van der Waals surface area (Å²) in [6, 6.07) is 0. The van der Waals surface area contributed by atoms with Gasteiger partial charge in [0.25, 0.3) is 0 Å². The van der Waals surface area contributed by atoms with Gasteiger partial charge in [-0.05, 0) is 37.6 Å². The lowest BCUT2D eigenvalue weighted by atomic mass is 10.4. The third kappa shape index (κ3) is 2.38. The number of imidazole rings is 1. The van der Waals surface area contributed by atoms with Crippen molar-refractivity contribution in [3.63, 3.8) is 0 Å². The quantitative estimate of drug-likeness (QED) is 0.598. The zero-order valence-electron chi connectivity index (χ0n) is 7.46. The summed E-state index contributed by atoms with van der Waals surface area (Å²) in [5.74, 6) is 1.20. The lowest BCUT2D eigenvalue weighted by Gasteiger charge is -2.03. The second-order valence-electron chi connectivity index (χ2n) is 2.73. The molecule has 1 rings (SSSR count). The predicted molar refractivity (Wildman–Crippen MR) is 57.4 cm³/mol. The first kappa shape index (κ1) is 9.86. The van der Waals surface area contributed by atoms with Crippen LogP contribution in [-0.2, 0) is 6.54 Å². The van der Waals surface area contributed by atoms with E-state index in [0.29, 0.717) is 0 Å². The summed E-state index contributed by atoms with van der Waals surface area (Å²) in [5.41, 5.74) is 1.22. The Morgan fingerprint density at radius 3 is 2.92 bits per heavy atom. The fourth-order valence-electron chi connectivity index (χ4n) is 1.13. The molecule has 68 valence electrons. The minimum Gasteiger partial charge on any atom is -0.337 e. The summed E-state index contributed by atoms with van der Waals surface area (Å²) >= 11 is 7.00. The molecule has 0 aliphatic rings. The molecule has 0 unspecified atom stereocenters. The highest BCUT2D eigenvalue weighted by Gasteiger charge is 1.97. The van der Waals surface area contributed by atoms with Gasteiger partial charge in [-0.2, -0.15) is 11.8 Å². The Balaban J connectivity index is 2.56. The number of rotatable bonds is 4. The van der Waals surface area contributed by atoms with Crippen molar-refractivity contribution in [3.8, 4) is 0 Å². The van der Waals surface area contributed by atoms with Crippen LogP contribution in [0.2, 0.25) is 0 Å². The van der Waals surface area contributed by atoms with Gasteiger partial charge in [-0.3, -0.25) is 0 Å². The number of aryl methyl sites for hydroxylation is 1. The molecule has 0 aliphatic carbocycles. The van der Waals surface area contributed by atoms with Crippen LogP contribution in [0.5, 0.6) is 0 Å². The molecule has 1 heterocycles. The fraction of sp³-hybridized carbons (Fsp3) is 0.625. The molecule has 0 saturated heterocycles. The van der Waals surface area contributed by atoms with Crippen molar-refractivity contribution in [1.82, 2.24) is 9.55 Å². The van der Waals surface area contributed by atoms with Crippen molar-refractivity contribution in [1.29, 1.82) is 0 Å². The SMILES string of the molecule is CSCCCn1c(C)c[nH]c1=S. The van der Waals surface area contributed by atoms with Crippen LogP contribution in [0, 0.1) is 11.7 Å². The number of hydrogen-bond donors (Lipinski definition) is 1. The third-order valence-electron chi connectivity index (χ3n) is 1.81. The van der Waals surface area contributed by atoms with Crippen LogP contribution in [0.15, 0.2) is 6.20 Å². The van der Waals surface area contributed by atoms with Crippen LogP contribution in [0.3, 0.4) is 0 Å². The standard InChI is InChI=1S/C8H14N2S2/c1-7-6-9-8(11)10(7)4-3-5-12-2/h6H,3-5H2,1-2H3,(H,9,11). The van der Waals surface area contributed by atoms with Gasteiger partial charge in [-0.15, -0.1) is 0 Å². The molecule has 0 fully saturated rings. The predicted octanol–water partition coefficient (Wildman–Crippen LogP) is 2.61. The first-order valence-corrected chi connectivity index (χ1v) is 5.79. The van der Waals surface area contributed by atoms with E-state index < -0.39 is 0 Å². The molecular weight excluding hydrogens is 188 g/mol. The van der Waals surface area contributed by atoms with Crippen LogP contribution < -0.4 is 0 Å². The van der Waals surface area contributed by atoms with Gasteiger partial charge in [0.1, 0.15) is 0 Å². The number of H-pyrrole nitrogens is 1. The van der Waals surface area contributed by atoms with Crippen LogP contribution in [0.1, 0.15) is 12.1 Å². The highest BCUT2D eigenvalue weighted by molar-refractivity contribution is 7.98. The maximum absolute atomic E-state index is 5.12. The van der Waals surface area contributed by atoms with Crippen molar-refractivity contribution in [2.45, 2.75) is 19.9 Å². The van der Waals surface area contributed by atoms with Gasteiger partial charge in [-0.1, -0.05) is 0 Å². The molecule has 0 amide bonds. The minimum atomic E-state index is 0.841. The van der Waals surface area contributed by atoms with Gasteiger partial charge in [0.15, 0.2) is 4.77 Å². The molecule has 1 aromatic heterocycles. The number of thioether (sulfide) groups is 1. The average Bonchev–Trinajstić information content (AvgIpc) is 2.35. The first-order valence-electron chi connectivity index (χ1n) is 3.99. The zero-order valence-corrected chi connectivity index (χ0v) is 9.10. The highest BCUT2D eigenvalue weighted by atomic mass is 32.2. The van der Waals surface area contributed by atoms with Gasteiger partial charge in [0.05, 0.1) is 0 Å². The normalized spacial score (nSPS) is 10.5. The fourth-order valence-corrected chi connectivity index (χ4v) is 1.84. The van der Waals surface area contributed by atoms with E-state index in [-0.39, 0.29) is 0 Å². The molecular formula is C8H14N2S2. The number of nitrogens with zero attached hydrogens (tertiary/aromatic N) is 1. The molecule has 0 bridgehead atoms. The average molecular weight is 202 g/mol. The summed E-state index contributed by atoms with van der Waals surface area (Å²) < 4.78 is 2.99. The number of hydrogen-bond acceptors (Lipinski definition) is 2. The van der Waals surface area contributed by atoms with E-state index in [1.165, 1.54) is 17.9 Å². The Hall–Kier alpha value is -0.220. The molecule has 4 heteroatoms. The van der Waals surface area contributed by atoms with Gasteiger partial charge in [0.2, 0.25) is 0 Å². The van der Waals surface area contributed by atoms with Gasteiger partial charge in [0, 0.05) is 18.4 Å². The molecule has 0 aromatic carbocycles. The summed E-state index contributed by atoms with van der Waals surface area (Å²) in [7, 11) is 0. The topological polar surface area (TPSA) is 20.7 Å². The summed E-state index contributed by atoms with van der Waals surface area (Å²) in [4.78, 5) is 3.03. The third-order valence-corrected chi connectivity index (χ3v) is 2.84. The second-order valence-corrected chi connectivity index (χ2v) is 4.11. The maximum Gasteiger partial charge on any atom is 0.177 e. The van der Waals surface area contributed by atoms with Crippen LogP contribution in [-0.4, -0.2) is 21.6 Å². The van der Waals surface area contributed by atoms with E-state index >= 15 is 0 Å². The van der Waals surface area contributed by atoms with E-state index in [9.17, 15) is 0 Å². The zero-order chi connectivity index (χ0) is 8.97. The molecule has 1 N–H and O–H groups in total. The summed E-state index contributed by atoms with van der Waals surface area (Å²) in [6.45, 7) is 3.11. The van der Waals surface area contributed by atoms with Gasteiger partial charge in [-0.25, -0.2) is 0 Å². The van der Waals surface area contributed by atoms with E-state index in [1.54, 1.807) is 0 Å². The highest BCUT2D eigenvalue weighted by Crippen LogP contribution is 2.03. The Labute approximate surface area is 82.4 Å². The Morgan fingerprint density at radius 2 is 2.42 bits per heavy atom. The van der Waals surface area contributed by atoms with Crippen LogP contribution in [0.25, 0.3) is 0 Å². The van der Waals surface area contributed by atoms with Gasteiger partial charge < -0.3 is 9.55 Å². The Kier molecular flexibility index (Phi) is 3.88. The lowest BCUT2D eigenvalue weighted by Crippen LogP contribution is -2.00. The molecule has 12 heavy (non-hydrogen) atoms. The van der Waals surface area contributed by atoms with Crippen molar-refractivity contribution < 1.29 is 0 Å². The van der Waals surface area contributed by atoms with Gasteiger partial charge >= 0.3 is 0 Å². The summed E-state index contributed by atoms with van der Waals surface area (Å²) in [6.07, 6.45) is 5.28. The number of aromatic nitrogens is 2. The molecule has 0 atom stereocenters. The molecule has 2 nitrogen and oxygen atoms in total. The van der Waals surface area contributed by atoms with E-state index in [1.807, 2.05) is 18.0 Å². The van der Waals surface area contributed by atoms with Crippen molar-refractivity contribution in [3.05, 3.63) is 16.7 Å². The van der Waals surface area contributed by atoms with Crippen LogP contribution in [0.4, 0.5) is 0 Å². The molecule has 0 radical (unpaired) electrons. The molecule has 1 aromatic rings. The van der Waals surface area contributed by atoms with Crippen molar-refractivity contribution in [2.24, 2.45) is 0 Å². The lowest BCUT2D eigenvalue weighted by molar-refractivity contribution is 0.658. The number of nitrogens with one attached hydrogen (secondary N) is 1. The van der Waals surface area contributed by atoms with E-state index in [2.05, 4.69) is 22.7 Å². The largest absolute Gasteiger partial charge is 0.337 e. The molecule has 0 saturated carbocycles. The maximum atomic E-state index is 5.12. The second kappa shape index (κ2) is 4.72. The Morgan fingerprint density at radius 1 is 1.67 bits per heavy atom. The van der Waals surface area contributed by atoms with Crippen LogP contribution >= 0.6 is 24.0 Å². The minimum absolute atomic E-state index is 0.841. The number of aromatic amines is 1. The monoisotopic (exact) mass is 202 g/mol. The van der Waals surface area contributed by atoms with Crippen molar-refractivity contribution >= 4 is 24.0 Å². The molecule has 0 spiro atoms. The van der Waals surface area contributed by atoms with E-state index in [4.69, 9.17) is 12.2 Å².